The van der Waals surface area contributed by atoms with Crippen molar-refractivity contribution in [2.45, 2.75) is 25.3 Å². The number of fused-ring (bicyclic) bond motifs is 1. The van der Waals surface area contributed by atoms with E-state index in [-0.39, 0.29) is 30.2 Å². The van der Waals surface area contributed by atoms with Gasteiger partial charge in [0.05, 0.1) is 12.1 Å². The Morgan fingerprint density at radius 1 is 1.41 bits per heavy atom. The standard InChI is InChI=1S/C16H16FNO4/c17-10-2-5-14-12(8-10)15(20)13(9-18(14)11-3-4-11)16(21)22-7-1-6-19/h2,5,8-9,11,19H,1,3-4,6-7H2. The summed E-state index contributed by atoms with van der Waals surface area (Å²) in [5.74, 6) is -1.25. The number of carbonyl (C=O) groups excluding carboxylic acids is 1. The lowest BCUT2D eigenvalue weighted by molar-refractivity contribution is 0.0480. The number of benzene rings is 1. The Hall–Kier alpha value is -2.21. The third-order valence-electron chi connectivity index (χ3n) is 3.69. The number of carbonyl (C=O) groups is 1. The Morgan fingerprint density at radius 3 is 2.86 bits per heavy atom. The minimum absolute atomic E-state index is 0.0411. The van der Waals surface area contributed by atoms with Crippen molar-refractivity contribution < 1.29 is 19.0 Å². The maximum absolute atomic E-state index is 13.5. The summed E-state index contributed by atoms with van der Waals surface area (Å²) in [6, 6.07) is 4.25. The van der Waals surface area contributed by atoms with Crippen LogP contribution in [-0.2, 0) is 4.74 Å². The molecule has 1 fully saturated rings. The Kier molecular flexibility index (Phi) is 3.94. The second-order valence-electron chi connectivity index (χ2n) is 5.38. The number of nitrogens with zero attached hydrogens (tertiary/aromatic N) is 1. The monoisotopic (exact) mass is 305 g/mol. The number of halogens is 1. The Morgan fingerprint density at radius 2 is 2.18 bits per heavy atom. The molecule has 0 unspecified atom stereocenters. The van der Waals surface area contributed by atoms with Crippen LogP contribution in [0.15, 0.2) is 29.2 Å². The molecule has 1 saturated carbocycles. The molecule has 1 heterocycles. The number of hydrogen-bond acceptors (Lipinski definition) is 4. The highest BCUT2D eigenvalue weighted by atomic mass is 19.1. The van der Waals surface area contributed by atoms with Crippen molar-refractivity contribution in [1.29, 1.82) is 0 Å². The van der Waals surface area contributed by atoms with E-state index in [2.05, 4.69) is 0 Å². The van der Waals surface area contributed by atoms with Crippen LogP contribution >= 0.6 is 0 Å². The van der Waals surface area contributed by atoms with Gasteiger partial charge in [0, 0.05) is 30.7 Å². The van der Waals surface area contributed by atoms with Crippen molar-refractivity contribution in [3.63, 3.8) is 0 Å². The van der Waals surface area contributed by atoms with E-state index in [1.807, 2.05) is 4.57 Å². The quantitative estimate of drug-likeness (QED) is 0.678. The first-order chi connectivity index (χ1) is 10.6. The first kappa shape index (κ1) is 14.7. The molecule has 22 heavy (non-hydrogen) atoms. The summed E-state index contributed by atoms with van der Waals surface area (Å²) in [7, 11) is 0. The first-order valence-electron chi connectivity index (χ1n) is 7.24. The lowest BCUT2D eigenvalue weighted by Crippen LogP contribution is -2.21. The van der Waals surface area contributed by atoms with Gasteiger partial charge in [-0.2, -0.15) is 0 Å². The molecule has 1 aliphatic rings. The summed E-state index contributed by atoms with van der Waals surface area (Å²) in [4.78, 5) is 24.5. The summed E-state index contributed by atoms with van der Waals surface area (Å²) >= 11 is 0. The van der Waals surface area contributed by atoms with Crippen molar-refractivity contribution in [2.75, 3.05) is 13.2 Å². The number of ether oxygens (including phenoxy) is 1. The minimum atomic E-state index is -0.737. The van der Waals surface area contributed by atoms with Gasteiger partial charge in [0.2, 0.25) is 5.43 Å². The maximum Gasteiger partial charge on any atom is 0.343 e. The molecule has 0 radical (unpaired) electrons. The zero-order chi connectivity index (χ0) is 15.7. The normalized spacial score (nSPS) is 14.3. The highest BCUT2D eigenvalue weighted by Crippen LogP contribution is 2.37. The third-order valence-corrected chi connectivity index (χ3v) is 3.69. The summed E-state index contributed by atoms with van der Waals surface area (Å²) in [6.45, 7) is -0.0537. The molecular weight excluding hydrogens is 289 g/mol. The molecule has 0 aliphatic heterocycles. The molecule has 0 saturated heterocycles. The fraction of sp³-hybridized carbons (Fsp3) is 0.375. The topological polar surface area (TPSA) is 68.5 Å². The van der Waals surface area contributed by atoms with Gasteiger partial charge in [-0.3, -0.25) is 4.79 Å². The molecule has 1 aliphatic carbocycles. The number of aliphatic hydroxyl groups is 1. The molecule has 1 aromatic heterocycles. The first-order valence-corrected chi connectivity index (χ1v) is 7.24. The zero-order valence-electron chi connectivity index (χ0n) is 11.9. The molecular formula is C16H16FNO4. The largest absolute Gasteiger partial charge is 0.462 e. The number of esters is 1. The van der Waals surface area contributed by atoms with Crippen LogP contribution in [0.2, 0.25) is 0 Å². The lowest BCUT2D eigenvalue weighted by atomic mass is 10.1. The molecule has 0 amide bonds. The predicted octanol–water partition coefficient (Wildman–Crippen LogP) is 2.01. The Bertz CT molecular complexity index is 780. The fourth-order valence-electron chi connectivity index (χ4n) is 2.44. The smallest absolute Gasteiger partial charge is 0.343 e. The highest BCUT2D eigenvalue weighted by Gasteiger charge is 2.27. The van der Waals surface area contributed by atoms with E-state index < -0.39 is 17.2 Å². The van der Waals surface area contributed by atoms with Gasteiger partial charge in [-0.1, -0.05) is 0 Å². The molecule has 0 atom stereocenters. The highest BCUT2D eigenvalue weighted by molar-refractivity contribution is 5.93. The van der Waals surface area contributed by atoms with Crippen LogP contribution in [-0.4, -0.2) is 28.9 Å². The van der Waals surface area contributed by atoms with Crippen LogP contribution in [0, 0.1) is 5.82 Å². The SMILES string of the molecule is O=C(OCCCO)c1cn(C2CC2)c2ccc(F)cc2c1=O. The number of hydrogen-bond donors (Lipinski definition) is 1. The Balaban J connectivity index is 2.08. The van der Waals surface area contributed by atoms with E-state index in [1.54, 1.807) is 6.07 Å². The molecule has 1 N–H and O–H groups in total. The van der Waals surface area contributed by atoms with Crippen LogP contribution in [0.5, 0.6) is 0 Å². The second kappa shape index (κ2) is 5.88. The van der Waals surface area contributed by atoms with Gasteiger partial charge in [-0.25, -0.2) is 9.18 Å². The van der Waals surface area contributed by atoms with Gasteiger partial charge < -0.3 is 14.4 Å². The number of aliphatic hydroxyl groups excluding tert-OH is 1. The molecule has 1 aromatic carbocycles. The molecule has 3 rings (SSSR count). The number of pyridine rings is 1. The van der Waals surface area contributed by atoms with Gasteiger partial charge in [-0.15, -0.1) is 0 Å². The van der Waals surface area contributed by atoms with E-state index >= 15 is 0 Å². The molecule has 5 nitrogen and oxygen atoms in total. The second-order valence-corrected chi connectivity index (χ2v) is 5.38. The molecule has 0 bridgehead atoms. The summed E-state index contributed by atoms with van der Waals surface area (Å²) in [6.07, 6.45) is 3.75. The molecule has 6 heteroatoms. The maximum atomic E-state index is 13.5. The summed E-state index contributed by atoms with van der Waals surface area (Å²) in [5.41, 5.74) is 0.00384. The van der Waals surface area contributed by atoms with Gasteiger partial charge in [0.15, 0.2) is 0 Å². The van der Waals surface area contributed by atoms with Crippen molar-refractivity contribution in [3.8, 4) is 0 Å². The van der Waals surface area contributed by atoms with Crippen molar-refractivity contribution in [2.24, 2.45) is 0 Å². The predicted molar refractivity (Wildman–Crippen MR) is 78.4 cm³/mol. The van der Waals surface area contributed by atoms with Gasteiger partial charge in [0.1, 0.15) is 11.4 Å². The van der Waals surface area contributed by atoms with E-state index in [1.165, 1.54) is 12.3 Å². The molecule has 0 spiro atoms. The van der Waals surface area contributed by atoms with Gasteiger partial charge in [0.25, 0.3) is 0 Å². The van der Waals surface area contributed by atoms with Gasteiger partial charge >= 0.3 is 5.97 Å². The van der Waals surface area contributed by atoms with Gasteiger partial charge in [-0.05, 0) is 31.0 Å². The number of aromatic nitrogens is 1. The zero-order valence-corrected chi connectivity index (χ0v) is 11.9. The molecule has 116 valence electrons. The fourth-order valence-corrected chi connectivity index (χ4v) is 2.44. The average molecular weight is 305 g/mol. The summed E-state index contributed by atoms with van der Waals surface area (Å²) in [5, 5.41) is 8.89. The van der Waals surface area contributed by atoms with Crippen molar-refractivity contribution in [3.05, 3.63) is 46.0 Å². The van der Waals surface area contributed by atoms with E-state index in [0.29, 0.717) is 11.9 Å². The summed E-state index contributed by atoms with van der Waals surface area (Å²) < 4.78 is 20.3. The Labute approximate surface area is 125 Å². The lowest BCUT2D eigenvalue weighted by Gasteiger charge is -2.12. The average Bonchev–Trinajstić information content (AvgIpc) is 3.33. The van der Waals surface area contributed by atoms with Crippen LogP contribution in [0.25, 0.3) is 10.9 Å². The third kappa shape index (κ3) is 2.74. The minimum Gasteiger partial charge on any atom is -0.462 e. The van der Waals surface area contributed by atoms with Crippen molar-refractivity contribution in [1.82, 2.24) is 4.57 Å². The van der Waals surface area contributed by atoms with Crippen molar-refractivity contribution >= 4 is 16.9 Å². The van der Waals surface area contributed by atoms with Crippen LogP contribution in [0.4, 0.5) is 4.39 Å². The van der Waals surface area contributed by atoms with Crippen LogP contribution in [0.1, 0.15) is 35.7 Å². The molecule has 2 aromatic rings. The van der Waals surface area contributed by atoms with E-state index in [9.17, 15) is 14.0 Å². The number of rotatable bonds is 5. The van der Waals surface area contributed by atoms with Crippen LogP contribution < -0.4 is 5.43 Å². The van der Waals surface area contributed by atoms with E-state index in [0.717, 1.165) is 18.9 Å². The van der Waals surface area contributed by atoms with Crippen LogP contribution in [0.3, 0.4) is 0 Å². The van der Waals surface area contributed by atoms with E-state index in [4.69, 9.17) is 9.84 Å².